The number of hydrogen-bond donors (Lipinski definition) is 1. The van der Waals surface area contributed by atoms with E-state index in [0.29, 0.717) is 35.3 Å². The van der Waals surface area contributed by atoms with Crippen LogP contribution in [-0.4, -0.2) is 45.9 Å². The number of nitrogens with one attached hydrogen (secondary N) is 1. The van der Waals surface area contributed by atoms with Crippen LogP contribution in [0.15, 0.2) is 42.9 Å². The quantitative estimate of drug-likeness (QED) is 0.928. The highest BCUT2D eigenvalue weighted by Gasteiger charge is 2.36. The Bertz CT molecular complexity index is 740. The molecule has 2 aromatic rings. The first-order valence-corrected chi connectivity index (χ1v) is 8.76. The molecule has 0 radical (unpaired) electrons. The maximum absolute atomic E-state index is 12.9. The van der Waals surface area contributed by atoms with Gasteiger partial charge < -0.3 is 15.0 Å². The average molecular weight is 338 g/mol. The molecular weight excluding hydrogens is 316 g/mol. The molecule has 0 aliphatic carbocycles. The van der Waals surface area contributed by atoms with Crippen molar-refractivity contribution in [1.82, 2.24) is 20.2 Å². The molecule has 25 heavy (non-hydrogen) atoms. The average Bonchev–Trinajstić information content (AvgIpc) is 2.99. The molecule has 0 saturated carbocycles. The van der Waals surface area contributed by atoms with Gasteiger partial charge in [-0.3, -0.25) is 9.78 Å². The predicted molar refractivity (Wildman–Crippen MR) is 93.6 cm³/mol. The van der Waals surface area contributed by atoms with E-state index in [-0.39, 0.29) is 5.91 Å². The second-order valence-corrected chi connectivity index (χ2v) is 6.85. The van der Waals surface area contributed by atoms with Gasteiger partial charge in [-0.2, -0.15) is 0 Å². The molecule has 2 atom stereocenters. The molecule has 1 aromatic carbocycles. The van der Waals surface area contributed by atoms with E-state index < -0.39 is 0 Å². The molecule has 1 amide bonds. The summed E-state index contributed by atoms with van der Waals surface area (Å²) in [6.07, 6.45) is 9.24. The van der Waals surface area contributed by atoms with E-state index in [9.17, 15) is 4.79 Å². The number of aromatic nitrogens is 2. The Morgan fingerprint density at radius 2 is 2.04 bits per heavy atom. The van der Waals surface area contributed by atoms with Crippen molar-refractivity contribution in [3.05, 3.63) is 48.4 Å². The van der Waals surface area contributed by atoms with E-state index in [4.69, 9.17) is 4.74 Å². The number of fused-ring (bicyclic) bond motifs is 2. The Kier molecular flexibility index (Phi) is 4.36. The summed E-state index contributed by atoms with van der Waals surface area (Å²) in [6.45, 7) is 0. The Morgan fingerprint density at radius 1 is 1.24 bits per heavy atom. The van der Waals surface area contributed by atoms with Crippen LogP contribution >= 0.6 is 0 Å². The van der Waals surface area contributed by atoms with Crippen LogP contribution in [0.5, 0.6) is 11.6 Å². The van der Waals surface area contributed by atoms with Crippen molar-refractivity contribution in [1.29, 1.82) is 0 Å². The highest BCUT2D eigenvalue weighted by molar-refractivity contribution is 5.94. The second kappa shape index (κ2) is 6.80. The highest BCUT2D eigenvalue weighted by Crippen LogP contribution is 2.30. The number of rotatable bonds is 4. The zero-order valence-electron chi connectivity index (χ0n) is 14.3. The molecule has 2 aliphatic heterocycles. The van der Waals surface area contributed by atoms with Crippen molar-refractivity contribution in [3.63, 3.8) is 0 Å². The van der Waals surface area contributed by atoms with E-state index in [0.717, 1.165) is 12.8 Å². The van der Waals surface area contributed by atoms with Crippen LogP contribution in [0.25, 0.3) is 0 Å². The molecule has 2 fully saturated rings. The lowest BCUT2D eigenvalue weighted by Gasteiger charge is -2.35. The minimum absolute atomic E-state index is 0.0379. The van der Waals surface area contributed by atoms with Crippen molar-refractivity contribution in [2.45, 2.75) is 43.8 Å². The third-order valence-corrected chi connectivity index (χ3v) is 5.16. The van der Waals surface area contributed by atoms with E-state index in [1.807, 2.05) is 30.1 Å². The first kappa shape index (κ1) is 16.0. The van der Waals surface area contributed by atoms with Gasteiger partial charge in [-0.15, -0.1) is 0 Å². The lowest BCUT2D eigenvalue weighted by Crippen LogP contribution is -2.48. The largest absolute Gasteiger partial charge is 0.437 e. The standard InChI is InChI=1S/C19H22N4O2/c1-23(16-10-14-5-6-15(11-16)22-14)19(24)13-3-2-4-17(9-13)25-18-12-20-7-8-21-18/h2-4,7-9,12,14-16,22H,5-6,10-11H2,1H3. The van der Waals surface area contributed by atoms with Crippen molar-refractivity contribution in [2.75, 3.05) is 7.05 Å². The molecule has 6 nitrogen and oxygen atoms in total. The summed E-state index contributed by atoms with van der Waals surface area (Å²) in [7, 11) is 1.91. The third kappa shape index (κ3) is 3.49. The Balaban J connectivity index is 1.47. The maximum Gasteiger partial charge on any atom is 0.253 e. The number of piperidine rings is 1. The Labute approximate surface area is 147 Å². The molecule has 1 N–H and O–H groups in total. The molecule has 2 saturated heterocycles. The number of carbonyl (C=O) groups is 1. The third-order valence-electron chi connectivity index (χ3n) is 5.16. The molecule has 0 spiro atoms. The molecule has 3 heterocycles. The van der Waals surface area contributed by atoms with Crippen LogP contribution in [0.1, 0.15) is 36.0 Å². The van der Waals surface area contributed by atoms with E-state index in [1.165, 1.54) is 12.8 Å². The molecule has 6 heteroatoms. The van der Waals surface area contributed by atoms with Gasteiger partial charge in [0.2, 0.25) is 5.88 Å². The summed E-state index contributed by atoms with van der Waals surface area (Å²) in [5.74, 6) is 1.04. The molecule has 2 bridgehead atoms. The minimum Gasteiger partial charge on any atom is -0.437 e. The fraction of sp³-hybridized carbons (Fsp3) is 0.421. The molecule has 1 aromatic heterocycles. The smallest absolute Gasteiger partial charge is 0.253 e. The monoisotopic (exact) mass is 338 g/mol. The number of hydrogen-bond acceptors (Lipinski definition) is 5. The van der Waals surface area contributed by atoms with Crippen LogP contribution in [0.4, 0.5) is 0 Å². The van der Waals surface area contributed by atoms with Gasteiger partial charge in [-0.25, -0.2) is 4.98 Å². The van der Waals surface area contributed by atoms with Gasteiger partial charge in [0.25, 0.3) is 5.91 Å². The summed E-state index contributed by atoms with van der Waals surface area (Å²) >= 11 is 0. The highest BCUT2D eigenvalue weighted by atomic mass is 16.5. The minimum atomic E-state index is 0.0379. The van der Waals surface area contributed by atoms with E-state index >= 15 is 0 Å². The summed E-state index contributed by atoms with van der Waals surface area (Å²) in [5.41, 5.74) is 0.634. The number of benzene rings is 1. The van der Waals surface area contributed by atoms with Crippen LogP contribution in [-0.2, 0) is 0 Å². The van der Waals surface area contributed by atoms with Gasteiger partial charge in [0.1, 0.15) is 5.75 Å². The molecule has 2 aliphatic rings. The summed E-state index contributed by atoms with van der Waals surface area (Å²) in [5, 5.41) is 3.62. The molecule has 2 unspecified atom stereocenters. The van der Waals surface area contributed by atoms with Gasteiger partial charge >= 0.3 is 0 Å². The molecule has 4 rings (SSSR count). The number of carbonyl (C=O) groups excluding carboxylic acids is 1. The summed E-state index contributed by atoms with van der Waals surface area (Å²) in [6, 6.07) is 8.67. The van der Waals surface area contributed by atoms with Crippen molar-refractivity contribution in [3.8, 4) is 11.6 Å². The zero-order valence-corrected chi connectivity index (χ0v) is 14.3. The number of amides is 1. The zero-order chi connectivity index (χ0) is 17.2. The van der Waals surface area contributed by atoms with Crippen LogP contribution in [0.2, 0.25) is 0 Å². The normalized spacial score (nSPS) is 24.8. The van der Waals surface area contributed by atoms with Crippen LogP contribution in [0, 0.1) is 0 Å². The van der Waals surface area contributed by atoms with Gasteiger partial charge in [-0.05, 0) is 43.9 Å². The fourth-order valence-corrected chi connectivity index (χ4v) is 3.86. The SMILES string of the molecule is CN(C(=O)c1cccc(Oc2cnccn2)c1)C1CC2CCC(C1)N2. The first-order valence-electron chi connectivity index (χ1n) is 8.76. The van der Waals surface area contributed by atoms with Gasteiger partial charge in [-0.1, -0.05) is 6.07 Å². The lowest BCUT2D eigenvalue weighted by molar-refractivity contribution is 0.0681. The Morgan fingerprint density at radius 3 is 2.76 bits per heavy atom. The second-order valence-electron chi connectivity index (χ2n) is 6.85. The number of ether oxygens (including phenoxy) is 1. The van der Waals surface area contributed by atoms with Gasteiger partial charge in [0.05, 0.1) is 6.20 Å². The molecule has 130 valence electrons. The maximum atomic E-state index is 12.9. The van der Waals surface area contributed by atoms with E-state index in [1.54, 1.807) is 24.7 Å². The van der Waals surface area contributed by atoms with Crippen LogP contribution in [0.3, 0.4) is 0 Å². The van der Waals surface area contributed by atoms with E-state index in [2.05, 4.69) is 15.3 Å². The lowest BCUT2D eigenvalue weighted by atomic mass is 9.98. The van der Waals surface area contributed by atoms with Crippen molar-refractivity contribution < 1.29 is 9.53 Å². The van der Waals surface area contributed by atoms with Crippen molar-refractivity contribution in [2.24, 2.45) is 0 Å². The van der Waals surface area contributed by atoms with Gasteiger partial charge in [0.15, 0.2) is 0 Å². The summed E-state index contributed by atoms with van der Waals surface area (Å²) < 4.78 is 5.68. The van der Waals surface area contributed by atoms with Gasteiger partial charge in [0, 0.05) is 43.1 Å². The predicted octanol–water partition coefficient (Wildman–Crippen LogP) is 2.62. The Hall–Kier alpha value is -2.47. The molecular formula is C19H22N4O2. The summed E-state index contributed by atoms with van der Waals surface area (Å²) in [4.78, 5) is 22.9. The first-order chi connectivity index (χ1) is 12.2. The number of nitrogens with zero attached hydrogens (tertiary/aromatic N) is 3. The topological polar surface area (TPSA) is 67.4 Å². The van der Waals surface area contributed by atoms with Crippen LogP contribution < -0.4 is 10.1 Å². The van der Waals surface area contributed by atoms with Crippen molar-refractivity contribution >= 4 is 5.91 Å². The fourth-order valence-electron chi connectivity index (χ4n) is 3.86.